The maximum absolute atomic E-state index is 5.60. The van der Waals surface area contributed by atoms with Crippen LogP contribution in [-0.4, -0.2) is 17.0 Å². The zero-order valence-electron chi connectivity index (χ0n) is 7.28. The maximum Gasteiger partial charge on any atom is 0.140 e. The maximum atomic E-state index is 5.60. The third-order valence-corrected chi connectivity index (χ3v) is 1.70. The van der Waals surface area contributed by atoms with Gasteiger partial charge in [-0.15, -0.1) is 0 Å². The highest BCUT2D eigenvalue weighted by atomic mass is 15.2. The van der Waals surface area contributed by atoms with E-state index in [1.165, 1.54) is 6.33 Å². The molecule has 0 bridgehead atoms. The highest BCUT2D eigenvalue weighted by Crippen LogP contribution is 2.18. The molecular weight excluding hydrogens is 152 g/mol. The molecule has 64 valence electrons. The van der Waals surface area contributed by atoms with Crippen molar-refractivity contribution in [1.29, 1.82) is 0 Å². The van der Waals surface area contributed by atoms with Crippen LogP contribution in [0.2, 0.25) is 0 Å². The molecule has 0 aliphatic carbocycles. The Morgan fingerprint density at radius 1 is 1.58 bits per heavy atom. The molecule has 0 saturated heterocycles. The molecule has 0 unspecified atom stereocenters. The minimum Gasteiger partial charge on any atom is -0.383 e. The smallest absolute Gasteiger partial charge is 0.140 e. The largest absolute Gasteiger partial charge is 0.383 e. The van der Waals surface area contributed by atoms with E-state index in [0.717, 1.165) is 11.4 Å². The molecule has 0 amide bonds. The number of rotatable bonds is 2. The van der Waals surface area contributed by atoms with Crippen molar-refractivity contribution in [3.8, 4) is 0 Å². The molecule has 4 heteroatoms. The molecule has 2 N–H and O–H groups in total. The van der Waals surface area contributed by atoms with Crippen LogP contribution in [0.25, 0.3) is 0 Å². The Balaban J connectivity index is 3.15. The van der Waals surface area contributed by atoms with Crippen molar-refractivity contribution in [1.82, 2.24) is 9.97 Å². The lowest BCUT2D eigenvalue weighted by Crippen LogP contribution is -2.12. The topological polar surface area (TPSA) is 55.0 Å². The number of nitrogens with zero attached hydrogens (tertiary/aromatic N) is 3. The van der Waals surface area contributed by atoms with Crippen molar-refractivity contribution in [2.45, 2.75) is 6.92 Å². The molecule has 0 aromatic carbocycles. The summed E-state index contributed by atoms with van der Waals surface area (Å²) in [6.07, 6.45) is 3.12. The van der Waals surface area contributed by atoms with Crippen LogP contribution in [0.5, 0.6) is 0 Å². The van der Waals surface area contributed by atoms with Crippen LogP contribution in [0.3, 0.4) is 0 Å². The number of nitrogens with two attached hydrogens (primary N) is 1. The van der Waals surface area contributed by atoms with Crippen molar-refractivity contribution in [2.24, 2.45) is 0 Å². The highest BCUT2D eigenvalue weighted by molar-refractivity contribution is 5.56. The fraction of sp³-hybridized carbons (Fsp3) is 0.250. The van der Waals surface area contributed by atoms with Gasteiger partial charge in [-0.1, -0.05) is 6.58 Å². The molecule has 0 atom stereocenters. The van der Waals surface area contributed by atoms with E-state index in [2.05, 4.69) is 16.5 Å². The Hall–Kier alpha value is -1.58. The number of nitrogen functional groups attached to an aromatic ring is 1. The summed E-state index contributed by atoms with van der Waals surface area (Å²) in [5.41, 5.74) is 6.48. The number of hydrogen-bond donors (Lipinski definition) is 1. The lowest BCUT2D eigenvalue weighted by Gasteiger charge is -2.14. The average Bonchev–Trinajstić information content (AvgIpc) is 2.08. The van der Waals surface area contributed by atoms with E-state index in [9.17, 15) is 0 Å². The van der Waals surface area contributed by atoms with E-state index >= 15 is 0 Å². The van der Waals surface area contributed by atoms with Crippen LogP contribution >= 0.6 is 0 Å². The third kappa shape index (κ3) is 1.37. The number of anilines is 2. The van der Waals surface area contributed by atoms with Crippen molar-refractivity contribution < 1.29 is 0 Å². The lowest BCUT2D eigenvalue weighted by molar-refractivity contribution is 1.06. The second-order valence-electron chi connectivity index (χ2n) is 2.50. The first-order valence-electron chi connectivity index (χ1n) is 3.59. The predicted molar refractivity (Wildman–Crippen MR) is 49.8 cm³/mol. The monoisotopic (exact) mass is 164 g/mol. The molecule has 1 aromatic rings. The molecule has 0 aliphatic rings. The molecule has 0 radical (unpaired) electrons. The van der Waals surface area contributed by atoms with Gasteiger partial charge in [-0.25, -0.2) is 9.97 Å². The Labute approximate surface area is 71.7 Å². The predicted octanol–water partition coefficient (Wildman–Crippen LogP) is 0.947. The SMILES string of the molecule is C=CN(C)c1ncnc(N)c1C. The zero-order chi connectivity index (χ0) is 9.14. The lowest BCUT2D eigenvalue weighted by atomic mass is 10.3. The van der Waals surface area contributed by atoms with Gasteiger partial charge in [0.25, 0.3) is 0 Å². The first kappa shape index (κ1) is 8.52. The van der Waals surface area contributed by atoms with Gasteiger partial charge < -0.3 is 10.6 Å². The minimum atomic E-state index is 0.508. The fourth-order valence-corrected chi connectivity index (χ4v) is 0.896. The summed E-state index contributed by atoms with van der Waals surface area (Å²) in [6, 6.07) is 0. The molecule has 0 saturated carbocycles. The van der Waals surface area contributed by atoms with Gasteiger partial charge in [-0.3, -0.25) is 0 Å². The summed E-state index contributed by atoms with van der Waals surface area (Å²) in [5.74, 6) is 1.30. The molecule has 1 aromatic heterocycles. The summed E-state index contributed by atoms with van der Waals surface area (Å²) in [5, 5.41) is 0. The van der Waals surface area contributed by atoms with Gasteiger partial charge in [0.05, 0.1) is 0 Å². The Morgan fingerprint density at radius 3 is 2.83 bits per heavy atom. The van der Waals surface area contributed by atoms with Crippen LogP contribution in [0.4, 0.5) is 11.6 Å². The van der Waals surface area contributed by atoms with Crippen molar-refractivity contribution in [3.63, 3.8) is 0 Å². The third-order valence-electron chi connectivity index (χ3n) is 1.70. The molecule has 0 fully saturated rings. The van der Waals surface area contributed by atoms with Gasteiger partial charge in [0, 0.05) is 12.6 Å². The van der Waals surface area contributed by atoms with Crippen LogP contribution in [-0.2, 0) is 0 Å². The van der Waals surface area contributed by atoms with Crippen molar-refractivity contribution >= 4 is 11.6 Å². The summed E-state index contributed by atoms with van der Waals surface area (Å²) in [7, 11) is 1.86. The molecule has 4 nitrogen and oxygen atoms in total. The average molecular weight is 164 g/mol. The van der Waals surface area contributed by atoms with Gasteiger partial charge >= 0.3 is 0 Å². The summed E-state index contributed by atoms with van der Waals surface area (Å²) < 4.78 is 0. The fourth-order valence-electron chi connectivity index (χ4n) is 0.896. The zero-order valence-corrected chi connectivity index (χ0v) is 7.28. The summed E-state index contributed by atoms with van der Waals surface area (Å²) in [6.45, 7) is 5.51. The molecule has 1 rings (SSSR count). The van der Waals surface area contributed by atoms with E-state index in [4.69, 9.17) is 5.73 Å². The van der Waals surface area contributed by atoms with Crippen LogP contribution < -0.4 is 10.6 Å². The molecule has 0 aliphatic heterocycles. The molecule has 12 heavy (non-hydrogen) atoms. The van der Waals surface area contributed by atoms with Crippen molar-refractivity contribution in [2.75, 3.05) is 17.7 Å². The van der Waals surface area contributed by atoms with E-state index in [1.807, 2.05) is 14.0 Å². The summed E-state index contributed by atoms with van der Waals surface area (Å²) in [4.78, 5) is 9.73. The molecule has 0 spiro atoms. The summed E-state index contributed by atoms with van der Waals surface area (Å²) >= 11 is 0. The Morgan fingerprint density at radius 2 is 2.25 bits per heavy atom. The quantitative estimate of drug-likeness (QED) is 0.707. The minimum absolute atomic E-state index is 0.508. The molecule has 1 heterocycles. The van der Waals surface area contributed by atoms with E-state index in [0.29, 0.717) is 5.82 Å². The van der Waals surface area contributed by atoms with Gasteiger partial charge in [-0.2, -0.15) is 0 Å². The Bertz CT molecular complexity index is 295. The number of aromatic nitrogens is 2. The van der Waals surface area contributed by atoms with E-state index < -0.39 is 0 Å². The van der Waals surface area contributed by atoms with Crippen LogP contribution in [0.15, 0.2) is 19.1 Å². The standard InChI is InChI=1S/C8H12N4/c1-4-12(3)8-6(2)7(9)10-5-11-8/h4-5H,1H2,2-3H3,(H2,9,10,11). The Kier molecular flexibility index (Phi) is 2.28. The first-order valence-corrected chi connectivity index (χ1v) is 3.59. The second kappa shape index (κ2) is 3.21. The van der Waals surface area contributed by atoms with E-state index in [1.54, 1.807) is 11.1 Å². The highest BCUT2D eigenvalue weighted by Gasteiger charge is 2.05. The number of hydrogen-bond acceptors (Lipinski definition) is 4. The molecular formula is C8H12N4. The van der Waals surface area contributed by atoms with Gasteiger partial charge in [0.15, 0.2) is 0 Å². The van der Waals surface area contributed by atoms with Gasteiger partial charge in [0.2, 0.25) is 0 Å². The van der Waals surface area contributed by atoms with Gasteiger partial charge in [-0.05, 0) is 13.1 Å². The second-order valence-corrected chi connectivity index (χ2v) is 2.50. The van der Waals surface area contributed by atoms with Crippen LogP contribution in [0.1, 0.15) is 5.56 Å². The van der Waals surface area contributed by atoms with Gasteiger partial charge in [0.1, 0.15) is 18.0 Å². The van der Waals surface area contributed by atoms with E-state index in [-0.39, 0.29) is 0 Å². The first-order chi connectivity index (χ1) is 5.66. The van der Waals surface area contributed by atoms with Crippen molar-refractivity contribution in [3.05, 3.63) is 24.7 Å². The normalized spacial score (nSPS) is 9.50. The van der Waals surface area contributed by atoms with Crippen LogP contribution in [0, 0.1) is 6.92 Å².